The molecule has 6 nitrogen and oxygen atoms in total. The number of hydrogen-bond donors (Lipinski definition) is 0. The van der Waals surface area contributed by atoms with E-state index in [1.54, 1.807) is 23.6 Å². The third kappa shape index (κ3) is 3.91. The standard InChI is InChI=1S/C12H19N3O3/c1-3-18-12(17)15-6-4-14(5-7-15)11(16)8-10(2)9-13/h10H,3-8H2,1-2H3. The van der Waals surface area contributed by atoms with E-state index in [9.17, 15) is 9.59 Å². The van der Waals surface area contributed by atoms with Crippen molar-refractivity contribution in [3.63, 3.8) is 0 Å². The van der Waals surface area contributed by atoms with Gasteiger partial charge >= 0.3 is 6.09 Å². The normalized spacial score (nSPS) is 16.9. The van der Waals surface area contributed by atoms with Gasteiger partial charge in [-0.3, -0.25) is 4.79 Å². The van der Waals surface area contributed by atoms with Gasteiger partial charge in [-0.15, -0.1) is 0 Å². The highest BCUT2D eigenvalue weighted by Gasteiger charge is 2.25. The van der Waals surface area contributed by atoms with Crippen LogP contribution in [0.2, 0.25) is 0 Å². The van der Waals surface area contributed by atoms with Crippen molar-refractivity contribution in [3.8, 4) is 6.07 Å². The third-order valence-electron chi connectivity index (χ3n) is 2.86. The van der Waals surface area contributed by atoms with Crippen LogP contribution in [0.1, 0.15) is 20.3 Å². The SMILES string of the molecule is CCOC(=O)N1CCN(C(=O)CC(C)C#N)CC1. The Labute approximate surface area is 107 Å². The predicted molar refractivity (Wildman–Crippen MR) is 64.6 cm³/mol. The molecule has 0 bridgehead atoms. The summed E-state index contributed by atoms with van der Waals surface area (Å²) < 4.78 is 4.90. The Morgan fingerprint density at radius 2 is 1.83 bits per heavy atom. The van der Waals surface area contributed by atoms with E-state index in [1.807, 2.05) is 6.07 Å². The Morgan fingerprint density at radius 3 is 2.33 bits per heavy atom. The Morgan fingerprint density at radius 1 is 1.28 bits per heavy atom. The van der Waals surface area contributed by atoms with Crippen molar-refractivity contribution in [1.82, 2.24) is 9.80 Å². The molecule has 0 aromatic carbocycles. The molecule has 1 rings (SSSR count). The van der Waals surface area contributed by atoms with Crippen molar-refractivity contribution in [2.75, 3.05) is 32.8 Å². The van der Waals surface area contributed by atoms with E-state index in [0.29, 0.717) is 32.8 Å². The van der Waals surface area contributed by atoms with Crippen LogP contribution in [0.25, 0.3) is 0 Å². The average molecular weight is 253 g/mol. The van der Waals surface area contributed by atoms with Crippen molar-refractivity contribution in [1.29, 1.82) is 5.26 Å². The molecule has 2 amide bonds. The zero-order chi connectivity index (χ0) is 13.5. The van der Waals surface area contributed by atoms with Gasteiger partial charge in [-0.05, 0) is 13.8 Å². The largest absolute Gasteiger partial charge is 0.450 e. The van der Waals surface area contributed by atoms with E-state index < -0.39 is 0 Å². The number of nitrogens with zero attached hydrogens (tertiary/aromatic N) is 3. The summed E-state index contributed by atoms with van der Waals surface area (Å²) in [5.41, 5.74) is 0. The maximum atomic E-state index is 11.8. The highest BCUT2D eigenvalue weighted by Crippen LogP contribution is 2.09. The number of nitriles is 1. The van der Waals surface area contributed by atoms with Crippen molar-refractivity contribution >= 4 is 12.0 Å². The van der Waals surface area contributed by atoms with Crippen LogP contribution in [-0.4, -0.2) is 54.6 Å². The van der Waals surface area contributed by atoms with E-state index in [-0.39, 0.29) is 24.3 Å². The third-order valence-corrected chi connectivity index (χ3v) is 2.86. The quantitative estimate of drug-likeness (QED) is 0.747. The molecule has 0 spiro atoms. The van der Waals surface area contributed by atoms with Gasteiger partial charge in [-0.25, -0.2) is 4.79 Å². The fraction of sp³-hybridized carbons (Fsp3) is 0.750. The zero-order valence-corrected chi connectivity index (χ0v) is 10.9. The Kier molecular flexibility index (Phi) is 5.43. The molecule has 0 radical (unpaired) electrons. The van der Waals surface area contributed by atoms with Crippen molar-refractivity contribution in [2.45, 2.75) is 20.3 Å². The van der Waals surface area contributed by atoms with Gasteiger partial charge in [0, 0.05) is 32.6 Å². The summed E-state index contributed by atoms with van der Waals surface area (Å²) in [6.45, 7) is 5.86. The Hall–Kier alpha value is -1.77. The first-order valence-corrected chi connectivity index (χ1v) is 6.17. The number of carbonyl (C=O) groups is 2. The molecule has 0 aromatic heterocycles. The molecule has 1 aliphatic heterocycles. The van der Waals surface area contributed by atoms with Gasteiger partial charge in [0.1, 0.15) is 0 Å². The lowest BCUT2D eigenvalue weighted by atomic mass is 10.1. The summed E-state index contributed by atoms with van der Waals surface area (Å²) in [5.74, 6) is -0.284. The fourth-order valence-corrected chi connectivity index (χ4v) is 1.79. The molecule has 0 N–H and O–H groups in total. The zero-order valence-electron chi connectivity index (χ0n) is 10.9. The minimum absolute atomic E-state index is 0.0208. The van der Waals surface area contributed by atoms with E-state index in [4.69, 9.17) is 10.00 Å². The number of carbonyl (C=O) groups excluding carboxylic acids is 2. The minimum Gasteiger partial charge on any atom is -0.450 e. The van der Waals surface area contributed by atoms with Crippen molar-refractivity contribution < 1.29 is 14.3 Å². The molecule has 1 saturated heterocycles. The summed E-state index contributed by atoms with van der Waals surface area (Å²) in [4.78, 5) is 26.6. The van der Waals surface area contributed by atoms with Crippen molar-refractivity contribution in [2.24, 2.45) is 5.92 Å². The number of rotatable bonds is 3. The van der Waals surface area contributed by atoms with Crippen LogP contribution in [0.15, 0.2) is 0 Å². The van der Waals surface area contributed by atoms with Gasteiger partial charge in [-0.1, -0.05) is 0 Å². The molecule has 0 saturated carbocycles. The van der Waals surface area contributed by atoms with Gasteiger partial charge < -0.3 is 14.5 Å². The monoisotopic (exact) mass is 253 g/mol. The molecule has 6 heteroatoms. The van der Waals surface area contributed by atoms with Crippen LogP contribution in [0.5, 0.6) is 0 Å². The minimum atomic E-state index is -0.324. The highest BCUT2D eigenvalue weighted by atomic mass is 16.6. The van der Waals surface area contributed by atoms with Gasteiger partial charge in [0.2, 0.25) is 5.91 Å². The molecule has 100 valence electrons. The molecular formula is C12H19N3O3. The smallest absolute Gasteiger partial charge is 0.409 e. The molecule has 1 fully saturated rings. The van der Waals surface area contributed by atoms with E-state index in [1.165, 1.54) is 0 Å². The average Bonchev–Trinajstić information content (AvgIpc) is 2.39. The molecule has 0 aromatic rings. The lowest BCUT2D eigenvalue weighted by Gasteiger charge is -2.34. The first-order chi connectivity index (χ1) is 8.58. The van der Waals surface area contributed by atoms with Crippen LogP contribution >= 0.6 is 0 Å². The van der Waals surface area contributed by atoms with Gasteiger partial charge in [0.25, 0.3) is 0 Å². The van der Waals surface area contributed by atoms with Crippen LogP contribution in [0.4, 0.5) is 4.79 Å². The lowest BCUT2D eigenvalue weighted by molar-refractivity contribution is -0.133. The summed E-state index contributed by atoms with van der Waals surface area (Å²) in [7, 11) is 0. The molecule has 1 unspecified atom stereocenters. The van der Waals surface area contributed by atoms with E-state index >= 15 is 0 Å². The van der Waals surface area contributed by atoms with Gasteiger partial charge in [0.15, 0.2) is 0 Å². The highest BCUT2D eigenvalue weighted by molar-refractivity contribution is 5.77. The molecule has 1 heterocycles. The fourth-order valence-electron chi connectivity index (χ4n) is 1.79. The number of ether oxygens (including phenoxy) is 1. The Balaban J connectivity index is 2.37. The summed E-state index contributed by atoms with van der Waals surface area (Å²) >= 11 is 0. The first kappa shape index (κ1) is 14.3. The van der Waals surface area contributed by atoms with Crippen LogP contribution in [0.3, 0.4) is 0 Å². The molecule has 1 aliphatic rings. The first-order valence-electron chi connectivity index (χ1n) is 6.17. The summed E-state index contributed by atoms with van der Waals surface area (Å²) in [5, 5.41) is 8.67. The Bertz CT molecular complexity index is 343. The summed E-state index contributed by atoms with van der Waals surface area (Å²) in [6.07, 6.45) is -0.0781. The lowest BCUT2D eigenvalue weighted by Crippen LogP contribution is -2.50. The summed E-state index contributed by atoms with van der Waals surface area (Å²) in [6, 6.07) is 2.05. The van der Waals surface area contributed by atoms with Gasteiger partial charge in [-0.2, -0.15) is 5.26 Å². The maximum absolute atomic E-state index is 11.8. The van der Waals surface area contributed by atoms with E-state index in [0.717, 1.165) is 0 Å². The number of amides is 2. The number of piperazine rings is 1. The van der Waals surface area contributed by atoms with Crippen LogP contribution in [-0.2, 0) is 9.53 Å². The maximum Gasteiger partial charge on any atom is 0.409 e. The van der Waals surface area contributed by atoms with Crippen LogP contribution in [0, 0.1) is 17.2 Å². The topological polar surface area (TPSA) is 73.6 Å². The van der Waals surface area contributed by atoms with Gasteiger partial charge in [0.05, 0.1) is 18.6 Å². The molecule has 1 atom stereocenters. The van der Waals surface area contributed by atoms with Crippen molar-refractivity contribution in [3.05, 3.63) is 0 Å². The second kappa shape index (κ2) is 6.84. The predicted octanol–water partition coefficient (Wildman–Crippen LogP) is 0.837. The molecular weight excluding hydrogens is 234 g/mol. The number of hydrogen-bond acceptors (Lipinski definition) is 4. The molecule has 18 heavy (non-hydrogen) atoms. The second-order valence-electron chi connectivity index (χ2n) is 4.30. The van der Waals surface area contributed by atoms with Crippen LogP contribution < -0.4 is 0 Å². The second-order valence-corrected chi connectivity index (χ2v) is 4.30. The van der Waals surface area contributed by atoms with E-state index in [2.05, 4.69) is 0 Å². The molecule has 0 aliphatic carbocycles.